The average Bonchev–Trinajstić information content (AvgIpc) is 3.37. The molecular weight excluding hydrogens is 462 g/mol. The molecule has 2 fully saturated rings. The van der Waals surface area contributed by atoms with E-state index in [-0.39, 0.29) is 37.9 Å². The summed E-state index contributed by atoms with van der Waals surface area (Å²) in [6, 6.07) is 17.6. The van der Waals surface area contributed by atoms with Gasteiger partial charge in [-0.05, 0) is 24.1 Å². The van der Waals surface area contributed by atoms with Gasteiger partial charge >= 0.3 is 5.97 Å². The number of methoxy groups -OCH3 is 1. The van der Waals surface area contributed by atoms with E-state index in [1.807, 2.05) is 48.5 Å². The lowest BCUT2D eigenvalue weighted by Crippen LogP contribution is -2.58. The van der Waals surface area contributed by atoms with Gasteiger partial charge in [-0.1, -0.05) is 55.5 Å². The molecule has 0 aromatic heterocycles. The minimum absolute atomic E-state index is 0.120. The Labute approximate surface area is 210 Å². The predicted octanol–water partition coefficient (Wildman–Crippen LogP) is 1.62. The predicted molar refractivity (Wildman–Crippen MR) is 131 cm³/mol. The first-order chi connectivity index (χ1) is 17.3. The number of fused-ring (bicyclic) bond motifs is 1. The van der Waals surface area contributed by atoms with Gasteiger partial charge in [0.25, 0.3) is 5.91 Å². The maximum Gasteiger partial charge on any atom is 0.326 e. The summed E-state index contributed by atoms with van der Waals surface area (Å²) in [6.07, 6.45) is 0.254. The molecule has 4 atom stereocenters. The third kappa shape index (κ3) is 4.58. The van der Waals surface area contributed by atoms with E-state index in [1.165, 1.54) is 16.9 Å². The second kappa shape index (κ2) is 10.5. The summed E-state index contributed by atoms with van der Waals surface area (Å²) >= 11 is 0. The molecule has 2 aliphatic rings. The summed E-state index contributed by atoms with van der Waals surface area (Å²) in [5, 5.41) is 3.23. The lowest BCUT2D eigenvalue weighted by Gasteiger charge is -2.32. The van der Waals surface area contributed by atoms with Crippen molar-refractivity contribution in [3.05, 3.63) is 66.2 Å². The highest BCUT2D eigenvalue weighted by Gasteiger charge is 2.67. The molecular formula is C27H31N3O6. The zero-order chi connectivity index (χ0) is 25.9. The van der Waals surface area contributed by atoms with E-state index in [2.05, 4.69) is 5.32 Å². The molecule has 0 bridgehead atoms. The van der Waals surface area contributed by atoms with Crippen molar-refractivity contribution in [2.24, 2.45) is 11.8 Å². The molecule has 0 saturated carbocycles. The maximum atomic E-state index is 13.6. The second-order valence-corrected chi connectivity index (χ2v) is 9.19. The summed E-state index contributed by atoms with van der Waals surface area (Å²) < 4.78 is 10.6. The van der Waals surface area contributed by atoms with Crippen LogP contribution in [0.3, 0.4) is 0 Å². The van der Waals surface area contributed by atoms with E-state index >= 15 is 0 Å². The molecule has 0 aliphatic carbocycles. The Balaban J connectivity index is 1.55. The van der Waals surface area contributed by atoms with E-state index in [1.54, 1.807) is 26.1 Å². The van der Waals surface area contributed by atoms with Crippen LogP contribution in [0.2, 0.25) is 0 Å². The number of nitrogens with zero attached hydrogens (tertiary/aromatic N) is 2. The van der Waals surface area contributed by atoms with Crippen molar-refractivity contribution < 1.29 is 28.7 Å². The Bertz CT molecular complexity index is 1120. The van der Waals surface area contributed by atoms with Crippen molar-refractivity contribution in [3.8, 4) is 5.75 Å². The smallest absolute Gasteiger partial charge is 0.326 e. The van der Waals surface area contributed by atoms with E-state index in [0.717, 1.165) is 5.56 Å². The number of likely N-dealkylation sites (tertiary alicyclic amines) is 1. The third-order valence-corrected chi connectivity index (χ3v) is 7.14. The van der Waals surface area contributed by atoms with Crippen molar-refractivity contribution in [3.63, 3.8) is 0 Å². The van der Waals surface area contributed by atoms with Gasteiger partial charge < -0.3 is 14.4 Å². The van der Waals surface area contributed by atoms with Crippen molar-refractivity contribution >= 4 is 23.7 Å². The molecule has 2 aromatic rings. The first-order valence-electron chi connectivity index (χ1n) is 12.0. The molecule has 2 aromatic carbocycles. The molecule has 2 saturated heterocycles. The van der Waals surface area contributed by atoms with Crippen LogP contribution >= 0.6 is 0 Å². The number of ether oxygens (including phenoxy) is 2. The monoisotopic (exact) mass is 493 g/mol. The van der Waals surface area contributed by atoms with Crippen molar-refractivity contribution in [1.29, 1.82) is 0 Å². The topological polar surface area (TPSA) is 105 Å². The molecule has 3 amide bonds. The highest BCUT2D eigenvalue weighted by molar-refractivity contribution is 6.09. The maximum absolute atomic E-state index is 13.6. The number of imide groups is 1. The van der Waals surface area contributed by atoms with E-state index in [4.69, 9.17) is 9.47 Å². The number of carbonyl (C=O) groups is 4. The minimum Gasteiger partial charge on any atom is -0.484 e. The fourth-order valence-corrected chi connectivity index (χ4v) is 5.27. The molecule has 9 nitrogen and oxygen atoms in total. The number of amides is 3. The third-order valence-electron chi connectivity index (χ3n) is 7.14. The van der Waals surface area contributed by atoms with Crippen LogP contribution in [0.5, 0.6) is 5.75 Å². The summed E-state index contributed by atoms with van der Waals surface area (Å²) in [7, 11) is 2.88. The lowest BCUT2D eigenvalue weighted by molar-refractivity contribution is -0.154. The summed E-state index contributed by atoms with van der Waals surface area (Å²) in [6.45, 7) is 1.85. The molecule has 9 heteroatoms. The van der Waals surface area contributed by atoms with Crippen molar-refractivity contribution in [2.45, 2.75) is 31.5 Å². The SMILES string of the molecule is CC[C@@]1(C(=O)OC)N[C@H](CN(C)C(=O)COc2ccccc2)[C@@H]2C(=O)N(Cc3ccccc3)C(=O)[C@@H]21. The Morgan fingerprint density at radius 1 is 1.03 bits per heavy atom. The number of benzene rings is 2. The number of likely N-dealkylation sites (N-methyl/N-ethyl adjacent to an activating group) is 1. The molecule has 1 N–H and O–H groups in total. The summed E-state index contributed by atoms with van der Waals surface area (Å²) in [5.74, 6) is -2.79. The lowest BCUT2D eigenvalue weighted by atomic mass is 9.78. The van der Waals surface area contributed by atoms with Gasteiger partial charge in [-0.2, -0.15) is 0 Å². The number of nitrogens with one attached hydrogen (secondary N) is 1. The van der Waals surface area contributed by atoms with Gasteiger partial charge in [-0.25, -0.2) is 0 Å². The van der Waals surface area contributed by atoms with Crippen LogP contribution in [0.4, 0.5) is 0 Å². The molecule has 2 heterocycles. The van der Waals surface area contributed by atoms with Crippen LogP contribution in [0, 0.1) is 11.8 Å². The van der Waals surface area contributed by atoms with Gasteiger partial charge in [0.1, 0.15) is 11.3 Å². The fraction of sp³-hybridized carbons (Fsp3) is 0.407. The first-order valence-corrected chi connectivity index (χ1v) is 12.0. The van der Waals surface area contributed by atoms with E-state index < -0.39 is 35.3 Å². The van der Waals surface area contributed by atoms with E-state index in [9.17, 15) is 19.2 Å². The number of carbonyl (C=O) groups excluding carboxylic acids is 4. The van der Waals surface area contributed by atoms with Crippen LogP contribution in [0.25, 0.3) is 0 Å². The quantitative estimate of drug-likeness (QED) is 0.418. The van der Waals surface area contributed by atoms with Crippen LogP contribution < -0.4 is 10.1 Å². The van der Waals surface area contributed by atoms with Crippen LogP contribution in [0.1, 0.15) is 18.9 Å². The largest absolute Gasteiger partial charge is 0.484 e. The van der Waals surface area contributed by atoms with Gasteiger partial charge in [0.05, 0.1) is 25.5 Å². The average molecular weight is 494 g/mol. The minimum atomic E-state index is -1.35. The van der Waals surface area contributed by atoms with Crippen molar-refractivity contribution in [2.75, 3.05) is 27.3 Å². The van der Waals surface area contributed by atoms with E-state index in [0.29, 0.717) is 5.75 Å². The Kier molecular flexibility index (Phi) is 7.40. The van der Waals surface area contributed by atoms with Crippen LogP contribution in [-0.2, 0) is 30.5 Å². The van der Waals surface area contributed by atoms with Crippen LogP contribution in [0.15, 0.2) is 60.7 Å². The molecule has 0 spiro atoms. The number of para-hydroxylation sites is 1. The Hall–Kier alpha value is -3.72. The number of rotatable bonds is 9. The fourth-order valence-electron chi connectivity index (χ4n) is 5.27. The summed E-state index contributed by atoms with van der Waals surface area (Å²) in [4.78, 5) is 55.6. The number of esters is 1. The molecule has 36 heavy (non-hydrogen) atoms. The van der Waals surface area contributed by atoms with Gasteiger partial charge in [-0.15, -0.1) is 0 Å². The molecule has 2 aliphatic heterocycles. The second-order valence-electron chi connectivity index (χ2n) is 9.19. The van der Waals surface area contributed by atoms with Crippen LogP contribution in [-0.4, -0.2) is 72.4 Å². The molecule has 0 radical (unpaired) electrons. The molecule has 190 valence electrons. The van der Waals surface area contributed by atoms with Gasteiger partial charge in [0.15, 0.2) is 6.61 Å². The number of hydrogen-bond acceptors (Lipinski definition) is 7. The van der Waals surface area contributed by atoms with Gasteiger partial charge in [-0.3, -0.25) is 29.4 Å². The molecule has 0 unspecified atom stereocenters. The summed E-state index contributed by atoms with van der Waals surface area (Å²) in [5.41, 5.74) is -0.540. The normalized spacial score (nSPS) is 25.0. The standard InChI is InChI=1S/C27H31N3O6/c1-4-27(26(34)35-3)23-22(24(32)30(25(23)33)15-18-11-7-5-8-12-18)20(28-27)16-29(2)21(31)17-36-19-13-9-6-10-14-19/h5-14,20,22-23,28H,4,15-17H2,1-3H3/t20-,22+,23-,27-/m1/s1. The van der Waals surface area contributed by atoms with Gasteiger partial charge in [0, 0.05) is 19.6 Å². The highest BCUT2D eigenvalue weighted by atomic mass is 16.5. The number of hydrogen-bond donors (Lipinski definition) is 1. The zero-order valence-corrected chi connectivity index (χ0v) is 20.7. The molecule has 4 rings (SSSR count). The Morgan fingerprint density at radius 3 is 2.28 bits per heavy atom. The van der Waals surface area contributed by atoms with Crippen molar-refractivity contribution in [1.82, 2.24) is 15.1 Å². The first kappa shape index (κ1) is 25.4. The highest BCUT2D eigenvalue weighted by Crippen LogP contribution is 2.45. The van der Waals surface area contributed by atoms with Gasteiger partial charge in [0.2, 0.25) is 11.8 Å². The zero-order valence-electron chi connectivity index (χ0n) is 20.7. The Morgan fingerprint density at radius 2 is 1.67 bits per heavy atom.